The van der Waals surface area contributed by atoms with Gasteiger partial charge in [-0.1, -0.05) is 157 Å². The van der Waals surface area contributed by atoms with Crippen molar-refractivity contribution in [3.8, 4) is 0 Å². The van der Waals surface area contributed by atoms with Crippen LogP contribution in [0.3, 0.4) is 0 Å². The summed E-state index contributed by atoms with van der Waals surface area (Å²) < 4.78 is 33.4. The van der Waals surface area contributed by atoms with Crippen LogP contribution in [-0.2, 0) is 32.7 Å². The average molecular weight is 915 g/mol. The van der Waals surface area contributed by atoms with Crippen LogP contribution in [0.5, 0.6) is 0 Å². The van der Waals surface area contributed by atoms with Crippen LogP contribution in [0.4, 0.5) is 0 Å². The van der Waals surface area contributed by atoms with Gasteiger partial charge >= 0.3 is 19.8 Å². The molecular weight excluding hydrogens is 835 g/mol. The molecule has 8 unspecified atom stereocenters. The summed E-state index contributed by atoms with van der Waals surface area (Å²) in [6.07, 6.45) is 25.6. The monoisotopic (exact) mass is 915 g/mol. The molecule has 63 heavy (non-hydrogen) atoms. The number of aliphatic hydroxyl groups is 7. The van der Waals surface area contributed by atoms with E-state index in [2.05, 4.69) is 6.92 Å². The molecule has 0 spiro atoms. The third kappa shape index (κ3) is 30.1. The fourth-order valence-corrected chi connectivity index (χ4v) is 7.44. The van der Waals surface area contributed by atoms with Crippen LogP contribution in [0.2, 0.25) is 0 Å². The van der Waals surface area contributed by atoms with Crippen molar-refractivity contribution in [3.05, 3.63) is 72.9 Å². The summed E-state index contributed by atoms with van der Waals surface area (Å²) in [4.78, 5) is 35.6. The van der Waals surface area contributed by atoms with Crippen molar-refractivity contribution in [1.29, 1.82) is 0 Å². The van der Waals surface area contributed by atoms with Gasteiger partial charge in [-0.15, -0.1) is 0 Å². The summed E-state index contributed by atoms with van der Waals surface area (Å²) in [5, 5.41) is 69.3. The fraction of sp³-hybridized carbons (Fsp3) is 0.702. The van der Waals surface area contributed by atoms with Crippen molar-refractivity contribution in [1.82, 2.24) is 0 Å². The molecule has 16 heteroatoms. The zero-order valence-corrected chi connectivity index (χ0v) is 38.5. The van der Waals surface area contributed by atoms with E-state index in [1.807, 2.05) is 48.6 Å². The molecule has 0 aromatic carbocycles. The van der Waals surface area contributed by atoms with Crippen LogP contribution in [0.25, 0.3) is 0 Å². The Bertz CT molecular complexity index is 1410. The van der Waals surface area contributed by atoms with Gasteiger partial charge in [0.15, 0.2) is 6.10 Å². The first-order valence-electron chi connectivity index (χ1n) is 22.9. The second-order valence-corrected chi connectivity index (χ2v) is 17.4. The summed E-state index contributed by atoms with van der Waals surface area (Å²) in [6.45, 7) is 2.62. The van der Waals surface area contributed by atoms with E-state index in [0.29, 0.717) is 38.5 Å². The molecule has 0 heterocycles. The molecule has 0 amide bonds. The largest absolute Gasteiger partial charge is 0.472 e. The number of hydrogen-bond donors (Lipinski definition) is 8. The first-order chi connectivity index (χ1) is 30.2. The van der Waals surface area contributed by atoms with Gasteiger partial charge in [0.05, 0.1) is 18.8 Å². The number of rotatable bonds is 36. The van der Waals surface area contributed by atoms with Crippen molar-refractivity contribution < 1.29 is 73.3 Å². The number of carbonyl (C=O) groups excluding carboxylic acids is 2. The Labute approximate surface area is 375 Å². The Morgan fingerprint density at radius 3 is 1.73 bits per heavy atom. The summed E-state index contributed by atoms with van der Waals surface area (Å²) in [6, 6.07) is 0. The molecule has 8 N–H and O–H groups in total. The van der Waals surface area contributed by atoms with E-state index in [1.54, 1.807) is 31.2 Å². The number of phosphoric acid groups is 1. The Hall–Kier alpha value is -2.79. The number of unbranched alkanes of at least 4 members (excludes halogenated alkanes) is 12. The van der Waals surface area contributed by atoms with E-state index in [-0.39, 0.29) is 12.8 Å². The van der Waals surface area contributed by atoms with Crippen molar-refractivity contribution >= 4 is 19.8 Å². The first-order valence-corrected chi connectivity index (χ1v) is 24.4. The molecule has 362 valence electrons. The molecule has 1 fully saturated rings. The lowest BCUT2D eigenvalue weighted by Crippen LogP contribution is -2.64. The summed E-state index contributed by atoms with van der Waals surface area (Å²) in [7, 11) is -5.16. The van der Waals surface area contributed by atoms with Crippen LogP contribution in [0.1, 0.15) is 142 Å². The molecule has 0 aromatic heterocycles. The molecule has 1 aliphatic rings. The smallest absolute Gasteiger partial charge is 0.462 e. The predicted octanol–water partition coefficient (Wildman–Crippen LogP) is 6.66. The highest BCUT2D eigenvalue weighted by Crippen LogP contribution is 2.47. The molecule has 8 atom stereocenters. The van der Waals surface area contributed by atoms with Gasteiger partial charge in [0.2, 0.25) is 0 Å². The predicted molar refractivity (Wildman–Crippen MR) is 242 cm³/mol. The van der Waals surface area contributed by atoms with E-state index in [0.717, 1.165) is 25.7 Å². The lowest BCUT2D eigenvalue weighted by molar-refractivity contribution is -0.220. The lowest BCUT2D eigenvalue weighted by atomic mass is 9.85. The zero-order valence-electron chi connectivity index (χ0n) is 37.6. The number of hydrogen-bond acceptors (Lipinski definition) is 14. The van der Waals surface area contributed by atoms with E-state index < -0.39 is 87.9 Å². The Balaban J connectivity index is 2.55. The van der Waals surface area contributed by atoms with Gasteiger partial charge in [0.25, 0.3) is 0 Å². The molecule has 0 aliphatic heterocycles. The summed E-state index contributed by atoms with van der Waals surface area (Å²) in [5.41, 5.74) is 0. The van der Waals surface area contributed by atoms with Gasteiger partial charge in [0, 0.05) is 12.8 Å². The van der Waals surface area contributed by atoms with Gasteiger partial charge in [-0.2, -0.15) is 0 Å². The SMILES string of the molecule is CCCCCCCCCCCCCCCC(=O)OCC(COP(=O)(O)OC1C(O)C(O)C(O)C(O)C1O)OC(=O)CC/C=C/C/C=C/C/C=C/C=C\C(O)C/C=C/C/C=C\C(C)O. The normalized spacial score (nSPS) is 23.4. The quantitative estimate of drug-likeness (QED) is 0.0108. The first kappa shape index (κ1) is 58.2. The number of phosphoric ester groups is 1. The van der Waals surface area contributed by atoms with E-state index in [9.17, 15) is 54.8 Å². The highest BCUT2D eigenvalue weighted by atomic mass is 31.2. The number of esters is 2. The highest BCUT2D eigenvalue weighted by molar-refractivity contribution is 7.47. The number of allylic oxidation sites excluding steroid dienone is 9. The molecule has 1 saturated carbocycles. The molecular formula is C47H79O15P. The Morgan fingerprint density at radius 1 is 0.603 bits per heavy atom. The zero-order chi connectivity index (χ0) is 46.7. The van der Waals surface area contributed by atoms with Crippen molar-refractivity contribution in [2.45, 2.75) is 197 Å². The van der Waals surface area contributed by atoms with Crippen LogP contribution < -0.4 is 0 Å². The fourth-order valence-electron chi connectivity index (χ4n) is 6.47. The minimum absolute atomic E-state index is 0.0633. The maximum Gasteiger partial charge on any atom is 0.472 e. The molecule has 0 bridgehead atoms. The molecule has 15 nitrogen and oxygen atoms in total. The van der Waals surface area contributed by atoms with Crippen LogP contribution in [0, 0.1) is 0 Å². The third-order valence-electron chi connectivity index (χ3n) is 10.2. The number of aliphatic hydroxyl groups excluding tert-OH is 7. The second kappa shape index (κ2) is 36.4. The topological polar surface area (TPSA) is 250 Å². The molecule has 1 rings (SSSR count). The minimum atomic E-state index is -5.16. The van der Waals surface area contributed by atoms with Gasteiger partial charge in [-0.05, 0) is 45.4 Å². The second-order valence-electron chi connectivity index (χ2n) is 16.0. The van der Waals surface area contributed by atoms with Gasteiger partial charge < -0.3 is 50.1 Å². The van der Waals surface area contributed by atoms with Crippen molar-refractivity contribution in [2.75, 3.05) is 13.2 Å². The maximum absolute atomic E-state index is 12.8. The summed E-state index contributed by atoms with van der Waals surface area (Å²) >= 11 is 0. The van der Waals surface area contributed by atoms with Crippen LogP contribution in [0.15, 0.2) is 72.9 Å². The molecule has 1 aliphatic carbocycles. The molecule has 0 saturated heterocycles. The lowest BCUT2D eigenvalue weighted by Gasteiger charge is -2.41. The minimum Gasteiger partial charge on any atom is -0.462 e. The molecule has 0 radical (unpaired) electrons. The van der Waals surface area contributed by atoms with Crippen molar-refractivity contribution in [2.24, 2.45) is 0 Å². The van der Waals surface area contributed by atoms with E-state index >= 15 is 0 Å². The standard InChI is InChI=1S/C47H79O15P/c1-3-4-5-6-7-8-9-10-11-15-18-21-28-33-40(50)59-35-39(36-60-63(57,58)62-47-45(55)43(53)42(52)44(54)46(47)56)61-41(51)34-29-22-19-16-13-12-14-17-20-26-31-38(49)32-27-24-23-25-30-37(2)48/h12-13,17,19-20,22,24-27,30-31,37-39,42-49,52-56H,3-11,14-16,18,21,23,28-29,32-36H2,1-2H3,(H,57,58)/b13-12+,20-17+,22-19+,27-24+,30-25-,31-26-. The van der Waals surface area contributed by atoms with Gasteiger partial charge in [0.1, 0.15) is 43.2 Å². The number of carbonyl (C=O) groups is 2. The van der Waals surface area contributed by atoms with E-state index in [1.165, 1.54) is 51.4 Å². The Morgan fingerprint density at radius 2 is 1.13 bits per heavy atom. The van der Waals surface area contributed by atoms with Gasteiger partial charge in [-0.3, -0.25) is 18.6 Å². The summed E-state index contributed by atoms with van der Waals surface area (Å²) in [5.74, 6) is -1.25. The van der Waals surface area contributed by atoms with Crippen LogP contribution >= 0.6 is 7.82 Å². The Kier molecular flexibility index (Phi) is 33.7. The van der Waals surface area contributed by atoms with Gasteiger partial charge in [-0.25, -0.2) is 4.57 Å². The molecule has 0 aromatic rings. The number of ether oxygens (including phenoxy) is 2. The van der Waals surface area contributed by atoms with Crippen molar-refractivity contribution in [3.63, 3.8) is 0 Å². The maximum atomic E-state index is 12.8. The van der Waals surface area contributed by atoms with Crippen LogP contribution in [-0.4, -0.2) is 121 Å². The van der Waals surface area contributed by atoms with E-state index in [4.69, 9.17) is 18.5 Å². The third-order valence-corrected chi connectivity index (χ3v) is 11.2. The highest BCUT2D eigenvalue weighted by Gasteiger charge is 2.51. The average Bonchev–Trinajstić information content (AvgIpc) is 3.25.